The van der Waals surface area contributed by atoms with Crippen molar-refractivity contribution in [2.24, 2.45) is 5.92 Å². The van der Waals surface area contributed by atoms with Crippen molar-refractivity contribution in [2.75, 3.05) is 18.4 Å². The summed E-state index contributed by atoms with van der Waals surface area (Å²) in [5, 5.41) is 3.00. The van der Waals surface area contributed by atoms with Gasteiger partial charge in [0.25, 0.3) is 5.91 Å². The Morgan fingerprint density at radius 1 is 1.07 bits per heavy atom. The largest absolute Gasteiger partial charge is 0.339 e. The van der Waals surface area contributed by atoms with Crippen LogP contribution in [-0.4, -0.2) is 29.8 Å². The number of hydrogen-bond acceptors (Lipinski definition) is 2. The average Bonchev–Trinajstić information content (AvgIpc) is 2.68. The van der Waals surface area contributed by atoms with Crippen LogP contribution in [0.4, 0.5) is 10.1 Å². The highest BCUT2D eigenvalue weighted by atomic mass is 19.1. The molecule has 1 N–H and O–H groups in total. The van der Waals surface area contributed by atoms with E-state index in [0.29, 0.717) is 37.4 Å². The molecule has 0 radical (unpaired) electrons. The number of halogens is 1. The highest BCUT2D eigenvalue weighted by Crippen LogP contribution is 2.23. The fourth-order valence-electron chi connectivity index (χ4n) is 3.34. The first kappa shape index (κ1) is 19.1. The van der Waals surface area contributed by atoms with E-state index in [9.17, 15) is 14.0 Å². The zero-order valence-corrected chi connectivity index (χ0v) is 15.7. The van der Waals surface area contributed by atoms with E-state index in [4.69, 9.17) is 0 Å². The molecule has 0 bridgehead atoms. The van der Waals surface area contributed by atoms with Crippen LogP contribution in [0, 0.1) is 11.7 Å². The Morgan fingerprint density at radius 2 is 1.74 bits per heavy atom. The normalized spacial score (nSPS) is 15.0. The van der Waals surface area contributed by atoms with E-state index in [1.54, 1.807) is 4.90 Å². The van der Waals surface area contributed by atoms with Crippen molar-refractivity contribution in [3.05, 3.63) is 65.5 Å². The molecule has 1 heterocycles. The van der Waals surface area contributed by atoms with Gasteiger partial charge in [0.2, 0.25) is 5.91 Å². The topological polar surface area (TPSA) is 49.4 Å². The Bertz CT molecular complexity index is 809. The third-order valence-electron chi connectivity index (χ3n) is 5.06. The second-order valence-electron chi connectivity index (χ2n) is 7.34. The van der Waals surface area contributed by atoms with Crippen molar-refractivity contribution in [3.63, 3.8) is 0 Å². The van der Waals surface area contributed by atoms with Gasteiger partial charge in [-0.3, -0.25) is 9.59 Å². The van der Waals surface area contributed by atoms with Crippen molar-refractivity contribution < 1.29 is 14.0 Å². The summed E-state index contributed by atoms with van der Waals surface area (Å²) in [5.41, 5.74) is 2.48. The number of anilines is 1. The summed E-state index contributed by atoms with van der Waals surface area (Å²) in [7, 11) is 0. The molecule has 0 unspecified atom stereocenters. The van der Waals surface area contributed by atoms with Gasteiger partial charge in [0, 0.05) is 30.3 Å². The SMILES string of the molecule is CC(C)c1cccc(NC(=O)C2CCN(C(=O)c3ccc(F)cc3)CC2)c1. The van der Waals surface area contributed by atoms with Gasteiger partial charge in [-0.05, 0) is 60.7 Å². The number of carbonyl (C=O) groups is 2. The van der Waals surface area contributed by atoms with Crippen LogP contribution in [0.25, 0.3) is 0 Å². The van der Waals surface area contributed by atoms with E-state index < -0.39 is 0 Å². The molecule has 1 aliphatic rings. The van der Waals surface area contributed by atoms with Gasteiger partial charge in [0.15, 0.2) is 0 Å². The average molecular weight is 368 g/mol. The number of carbonyl (C=O) groups excluding carboxylic acids is 2. The third kappa shape index (κ3) is 4.73. The van der Waals surface area contributed by atoms with E-state index in [1.165, 1.54) is 29.8 Å². The highest BCUT2D eigenvalue weighted by Gasteiger charge is 2.28. The highest BCUT2D eigenvalue weighted by molar-refractivity contribution is 5.95. The maximum Gasteiger partial charge on any atom is 0.253 e. The van der Waals surface area contributed by atoms with Gasteiger partial charge < -0.3 is 10.2 Å². The predicted octanol–water partition coefficient (Wildman–Crippen LogP) is 4.44. The second kappa shape index (κ2) is 8.33. The Hall–Kier alpha value is -2.69. The van der Waals surface area contributed by atoms with Gasteiger partial charge in [-0.2, -0.15) is 0 Å². The molecule has 4 nitrogen and oxygen atoms in total. The number of amides is 2. The minimum atomic E-state index is -0.358. The van der Waals surface area contributed by atoms with E-state index in [2.05, 4.69) is 25.2 Å². The summed E-state index contributed by atoms with van der Waals surface area (Å²) in [5.74, 6) is -0.167. The second-order valence-corrected chi connectivity index (χ2v) is 7.34. The van der Waals surface area contributed by atoms with Gasteiger partial charge >= 0.3 is 0 Å². The van der Waals surface area contributed by atoms with E-state index >= 15 is 0 Å². The summed E-state index contributed by atoms with van der Waals surface area (Å²) >= 11 is 0. The number of benzene rings is 2. The summed E-state index contributed by atoms with van der Waals surface area (Å²) in [6.07, 6.45) is 1.26. The molecule has 0 spiro atoms. The molecule has 5 heteroatoms. The molecule has 0 saturated carbocycles. The Balaban J connectivity index is 1.55. The fraction of sp³-hybridized carbons (Fsp3) is 0.364. The minimum Gasteiger partial charge on any atom is -0.339 e. The van der Waals surface area contributed by atoms with Crippen LogP contribution in [0.15, 0.2) is 48.5 Å². The van der Waals surface area contributed by atoms with E-state index in [1.807, 2.05) is 18.2 Å². The number of rotatable bonds is 4. The van der Waals surface area contributed by atoms with Crippen LogP contribution in [0.2, 0.25) is 0 Å². The summed E-state index contributed by atoms with van der Waals surface area (Å²) in [4.78, 5) is 26.8. The number of nitrogens with one attached hydrogen (secondary N) is 1. The minimum absolute atomic E-state index is 0.00443. The molecule has 0 aliphatic carbocycles. The molecule has 1 fully saturated rings. The summed E-state index contributed by atoms with van der Waals surface area (Å²) in [6, 6.07) is 13.5. The lowest BCUT2D eigenvalue weighted by Gasteiger charge is -2.31. The van der Waals surface area contributed by atoms with Gasteiger partial charge in [0.05, 0.1) is 0 Å². The van der Waals surface area contributed by atoms with Gasteiger partial charge in [0.1, 0.15) is 5.82 Å². The van der Waals surface area contributed by atoms with Gasteiger partial charge in [-0.25, -0.2) is 4.39 Å². The maximum atomic E-state index is 13.0. The molecule has 142 valence electrons. The van der Waals surface area contributed by atoms with Crippen LogP contribution in [0.1, 0.15) is 48.5 Å². The first-order chi connectivity index (χ1) is 12.9. The molecule has 2 amide bonds. The summed E-state index contributed by atoms with van der Waals surface area (Å²) in [6.45, 7) is 5.30. The van der Waals surface area contributed by atoms with Crippen LogP contribution >= 0.6 is 0 Å². The van der Waals surface area contributed by atoms with Crippen molar-refractivity contribution in [1.29, 1.82) is 0 Å². The molecular weight excluding hydrogens is 343 g/mol. The van der Waals surface area contributed by atoms with Crippen LogP contribution in [0.5, 0.6) is 0 Å². The molecule has 1 aliphatic heterocycles. The molecule has 2 aromatic carbocycles. The lowest BCUT2D eigenvalue weighted by Crippen LogP contribution is -2.41. The standard InChI is InChI=1S/C22H25FN2O2/c1-15(2)18-4-3-5-20(14-18)24-21(26)16-10-12-25(13-11-16)22(27)17-6-8-19(23)9-7-17/h3-9,14-16H,10-13H2,1-2H3,(H,24,26). The monoisotopic (exact) mass is 368 g/mol. The van der Waals surface area contributed by atoms with E-state index in [-0.39, 0.29) is 23.5 Å². The van der Waals surface area contributed by atoms with Crippen molar-refractivity contribution in [3.8, 4) is 0 Å². The lowest BCUT2D eigenvalue weighted by molar-refractivity contribution is -0.121. The number of piperidine rings is 1. The van der Waals surface area contributed by atoms with Crippen molar-refractivity contribution >= 4 is 17.5 Å². The van der Waals surface area contributed by atoms with Crippen molar-refractivity contribution in [1.82, 2.24) is 4.90 Å². The van der Waals surface area contributed by atoms with Crippen LogP contribution in [-0.2, 0) is 4.79 Å². The molecule has 0 aromatic heterocycles. The van der Waals surface area contributed by atoms with Crippen molar-refractivity contribution in [2.45, 2.75) is 32.6 Å². The maximum absolute atomic E-state index is 13.0. The Kier molecular flexibility index (Phi) is 5.89. The molecule has 27 heavy (non-hydrogen) atoms. The van der Waals surface area contributed by atoms with Gasteiger partial charge in [-0.15, -0.1) is 0 Å². The summed E-state index contributed by atoms with van der Waals surface area (Å²) < 4.78 is 13.0. The molecule has 2 aromatic rings. The zero-order chi connectivity index (χ0) is 19.4. The first-order valence-electron chi connectivity index (χ1n) is 9.39. The lowest BCUT2D eigenvalue weighted by atomic mass is 9.95. The quantitative estimate of drug-likeness (QED) is 0.867. The fourth-order valence-corrected chi connectivity index (χ4v) is 3.34. The molecule has 0 atom stereocenters. The van der Waals surface area contributed by atoms with Crippen LogP contribution < -0.4 is 5.32 Å². The molecule has 1 saturated heterocycles. The number of likely N-dealkylation sites (tertiary alicyclic amines) is 1. The Labute approximate surface area is 159 Å². The predicted molar refractivity (Wildman–Crippen MR) is 104 cm³/mol. The number of hydrogen-bond donors (Lipinski definition) is 1. The molecule has 3 rings (SSSR count). The van der Waals surface area contributed by atoms with E-state index in [0.717, 1.165) is 5.69 Å². The zero-order valence-electron chi connectivity index (χ0n) is 15.7. The smallest absolute Gasteiger partial charge is 0.253 e. The van der Waals surface area contributed by atoms with Gasteiger partial charge in [-0.1, -0.05) is 26.0 Å². The van der Waals surface area contributed by atoms with Crippen LogP contribution in [0.3, 0.4) is 0 Å². The third-order valence-corrected chi connectivity index (χ3v) is 5.06. The first-order valence-corrected chi connectivity index (χ1v) is 9.39. The molecular formula is C22H25FN2O2. The number of nitrogens with zero attached hydrogens (tertiary/aromatic N) is 1. The Morgan fingerprint density at radius 3 is 2.37 bits per heavy atom.